The lowest BCUT2D eigenvalue weighted by Crippen LogP contribution is -2.67. The molecule has 0 aliphatic carbocycles. The third-order valence-electron chi connectivity index (χ3n) is 8.09. The molecular formula is C30H30N6O7. The van der Waals surface area contributed by atoms with Crippen molar-refractivity contribution < 1.29 is 34.4 Å². The molecule has 1 fully saturated rings. The highest BCUT2D eigenvalue weighted by atomic mass is 16.6. The summed E-state index contributed by atoms with van der Waals surface area (Å²) < 4.78 is 7.47. The van der Waals surface area contributed by atoms with E-state index in [0.29, 0.717) is 18.4 Å². The van der Waals surface area contributed by atoms with Gasteiger partial charge in [-0.2, -0.15) is 0 Å². The molecule has 6 rings (SSSR count). The number of benzene rings is 2. The number of nitrogens with one attached hydrogen (secondary N) is 1. The first kappa shape index (κ1) is 28.6. The number of hydrogen-bond acceptors (Lipinski definition) is 10. The fourth-order valence-electron chi connectivity index (χ4n) is 5.97. The summed E-state index contributed by atoms with van der Waals surface area (Å²) >= 11 is 0. The van der Waals surface area contributed by atoms with Crippen molar-refractivity contribution in [2.24, 2.45) is 0 Å². The van der Waals surface area contributed by atoms with Crippen molar-refractivity contribution in [1.29, 1.82) is 0 Å². The van der Waals surface area contributed by atoms with Crippen LogP contribution in [-0.4, -0.2) is 81.9 Å². The number of imidazole rings is 1. The molecule has 2 aliphatic heterocycles. The van der Waals surface area contributed by atoms with Gasteiger partial charge in [-0.15, -0.1) is 0 Å². The molecule has 222 valence electrons. The second-order valence-corrected chi connectivity index (χ2v) is 10.6. The van der Waals surface area contributed by atoms with E-state index >= 15 is 0 Å². The average molecular weight is 587 g/mol. The number of ether oxygens (including phenoxy) is 1. The third kappa shape index (κ3) is 4.23. The number of imide groups is 1. The van der Waals surface area contributed by atoms with E-state index in [2.05, 4.69) is 20.3 Å². The maximum absolute atomic E-state index is 14.0. The predicted molar refractivity (Wildman–Crippen MR) is 152 cm³/mol. The number of unbranched alkanes of at least 4 members (excludes halogenated alkanes) is 2. The number of aliphatic hydroxyl groups is 3. The molecule has 4 atom stereocenters. The lowest BCUT2D eigenvalue weighted by atomic mass is 9.84. The van der Waals surface area contributed by atoms with Gasteiger partial charge < -0.3 is 25.4 Å². The van der Waals surface area contributed by atoms with Crippen LogP contribution in [0.3, 0.4) is 0 Å². The molecular weight excluding hydrogens is 556 g/mol. The van der Waals surface area contributed by atoms with Gasteiger partial charge in [-0.05, 0) is 30.7 Å². The number of anilines is 1. The zero-order valence-electron chi connectivity index (χ0n) is 23.3. The summed E-state index contributed by atoms with van der Waals surface area (Å²) in [6.45, 7) is 1.24. The molecule has 0 radical (unpaired) electrons. The van der Waals surface area contributed by atoms with Gasteiger partial charge in [0, 0.05) is 5.56 Å². The molecule has 13 heteroatoms. The summed E-state index contributed by atoms with van der Waals surface area (Å²) in [5, 5.41) is 36.8. The molecule has 13 nitrogen and oxygen atoms in total. The van der Waals surface area contributed by atoms with Gasteiger partial charge in [0.05, 0.1) is 17.7 Å². The Morgan fingerprint density at radius 2 is 1.67 bits per heavy atom. The van der Waals surface area contributed by atoms with Crippen LogP contribution in [0.4, 0.5) is 5.82 Å². The third-order valence-corrected chi connectivity index (χ3v) is 8.09. The molecule has 2 aromatic heterocycles. The lowest BCUT2D eigenvalue weighted by molar-refractivity contribution is -0.251. The summed E-state index contributed by atoms with van der Waals surface area (Å²) in [7, 11) is 0. The number of nitrogens with zero attached hydrogens (tertiary/aromatic N) is 5. The summed E-state index contributed by atoms with van der Waals surface area (Å²) in [5.41, 5.74) is -1.70. The van der Waals surface area contributed by atoms with Gasteiger partial charge in [0.1, 0.15) is 24.9 Å². The topological polar surface area (TPSA) is 180 Å². The fourth-order valence-corrected chi connectivity index (χ4v) is 5.97. The van der Waals surface area contributed by atoms with Crippen molar-refractivity contribution in [2.45, 2.75) is 56.3 Å². The van der Waals surface area contributed by atoms with E-state index in [1.807, 2.05) is 6.92 Å². The van der Waals surface area contributed by atoms with Crippen LogP contribution in [-0.2, 0) is 10.6 Å². The van der Waals surface area contributed by atoms with E-state index in [-0.39, 0.29) is 34.5 Å². The number of aliphatic hydroxyl groups excluding tert-OH is 2. The quantitative estimate of drug-likeness (QED) is 0.167. The number of rotatable bonds is 9. The van der Waals surface area contributed by atoms with E-state index in [9.17, 15) is 29.7 Å². The van der Waals surface area contributed by atoms with Gasteiger partial charge in [-0.3, -0.25) is 19.0 Å². The Hall–Kier alpha value is -4.56. The van der Waals surface area contributed by atoms with Crippen LogP contribution < -0.4 is 5.32 Å². The van der Waals surface area contributed by atoms with Crippen LogP contribution in [0.15, 0.2) is 67.3 Å². The van der Waals surface area contributed by atoms with Crippen LogP contribution >= 0.6 is 0 Å². The number of carbonyl (C=O) groups excluding carboxylic acids is 3. The molecule has 0 saturated carbocycles. The van der Waals surface area contributed by atoms with E-state index in [0.717, 1.165) is 17.6 Å². The Kier molecular flexibility index (Phi) is 7.26. The van der Waals surface area contributed by atoms with Crippen LogP contribution in [0.5, 0.6) is 0 Å². The van der Waals surface area contributed by atoms with Crippen molar-refractivity contribution in [3.63, 3.8) is 0 Å². The standard InChI is InChI=1S/C30H30N6O7/c1-2-3-9-14-29(42)23(38)21(15-37)43-30(29,36-27(40)19-12-7-8-13-20(19)28(36)41)35-17-33-22-24(31-16-32-25(22)35)34-26(39)18-10-5-4-6-11-18/h4-8,10-13,16-17,21,23,37-38,42H,2-3,9,14-15H2,1H3,(H,31,32,34,39)/t21-,23-,29-,30-/m1/s1. The molecule has 1 saturated heterocycles. The highest BCUT2D eigenvalue weighted by Crippen LogP contribution is 2.52. The molecule has 4 heterocycles. The van der Waals surface area contributed by atoms with Gasteiger partial charge >= 0.3 is 0 Å². The summed E-state index contributed by atoms with van der Waals surface area (Å²) in [4.78, 5) is 54.6. The van der Waals surface area contributed by atoms with E-state index in [4.69, 9.17) is 4.74 Å². The molecule has 0 bridgehead atoms. The summed E-state index contributed by atoms with van der Waals surface area (Å²) in [6, 6.07) is 14.6. The largest absolute Gasteiger partial charge is 0.394 e. The van der Waals surface area contributed by atoms with E-state index in [1.54, 1.807) is 42.5 Å². The Labute approximate surface area is 245 Å². The number of amides is 3. The van der Waals surface area contributed by atoms with Crippen LogP contribution in [0.25, 0.3) is 11.2 Å². The average Bonchev–Trinajstić information content (AvgIpc) is 3.64. The van der Waals surface area contributed by atoms with Crippen LogP contribution in [0, 0.1) is 0 Å². The first-order valence-corrected chi connectivity index (χ1v) is 14.0. The molecule has 2 aliphatic rings. The zero-order chi connectivity index (χ0) is 30.4. The minimum absolute atomic E-state index is 0.00498. The Balaban J connectivity index is 1.55. The highest BCUT2D eigenvalue weighted by Gasteiger charge is 2.72. The van der Waals surface area contributed by atoms with Crippen molar-refractivity contribution in [2.75, 3.05) is 11.9 Å². The van der Waals surface area contributed by atoms with Crippen molar-refractivity contribution >= 4 is 34.7 Å². The monoisotopic (exact) mass is 586 g/mol. The van der Waals surface area contributed by atoms with Crippen molar-refractivity contribution in [1.82, 2.24) is 24.4 Å². The molecule has 0 unspecified atom stereocenters. The molecule has 43 heavy (non-hydrogen) atoms. The minimum Gasteiger partial charge on any atom is -0.394 e. The van der Waals surface area contributed by atoms with Gasteiger partial charge in [-0.25, -0.2) is 19.9 Å². The predicted octanol–water partition coefficient (Wildman–Crippen LogP) is 2.05. The molecule has 3 amide bonds. The summed E-state index contributed by atoms with van der Waals surface area (Å²) in [6.07, 6.45) is 1.01. The first-order valence-electron chi connectivity index (χ1n) is 14.0. The zero-order valence-corrected chi connectivity index (χ0v) is 23.3. The highest BCUT2D eigenvalue weighted by molar-refractivity contribution is 6.21. The van der Waals surface area contributed by atoms with Crippen molar-refractivity contribution in [3.05, 3.63) is 83.9 Å². The van der Waals surface area contributed by atoms with Gasteiger partial charge in [0.15, 0.2) is 22.6 Å². The normalized spacial score (nSPS) is 25.0. The van der Waals surface area contributed by atoms with E-state index < -0.39 is 48.0 Å². The van der Waals surface area contributed by atoms with Crippen molar-refractivity contribution in [3.8, 4) is 0 Å². The second-order valence-electron chi connectivity index (χ2n) is 10.6. The van der Waals surface area contributed by atoms with Gasteiger partial charge in [0.2, 0.25) is 0 Å². The molecule has 4 aromatic rings. The lowest BCUT2D eigenvalue weighted by Gasteiger charge is -2.46. The Morgan fingerprint density at radius 1 is 1.00 bits per heavy atom. The maximum Gasteiger partial charge on any atom is 0.270 e. The Bertz CT molecular complexity index is 1680. The molecule has 4 N–H and O–H groups in total. The second kappa shape index (κ2) is 10.9. The molecule has 0 spiro atoms. The van der Waals surface area contributed by atoms with Gasteiger partial charge in [-0.1, -0.05) is 56.5 Å². The fraction of sp³-hybridized carbons (Fsp3) is 0.333. The number of carbonyl (C=O) groups is 3. The number of aromatic nitrogens is 4. The van der Waals surface area contributed by atoms with Crippen LogP contribution in [0.2, 0.25) is 0 Å². The van der Waals surface area contributed by atoms with Gasteiger partial charge in [0.25, 0.3) is 23.6 Å². The Morgan fingerprint density at radius 3 is 2.33 bits per heavy atom. The van der Waals surface area contributed by atoms with E-state index in [1.165, 1.54) is 23.0 Å². The molecule has 2 aromatic carbocycles. The summed E-state index contributed by atoms with van der Waals surface area (Å²) in [5.74, 6) is -4.40. The SMILES string of the molecule is CCCCC[C@@]1(O)[C@H](O)[C@@H](CO)O[C@@]1(N1C(=O)c2ccccc2C1=O)n1cnc2c(NC(=O)c3ccccc3)ncnc21. The minimum atomic E-state index is -2.43. The maximum atomic E-state index is 14.0. The van der Waals surface area contributed by atoms with Crippen LogP contribution in [0.1, 0.15) is 63.7 Å². The first-order chi connectivity index (χ1) is 20.8. The smallest absolute Gasteiger partial charge is 0.270 e. The number of fused-ring (bicyclic) bond motifs is 2. The number of hydrogen-bond donors (Lipinski definition) is 4.